The number of para-hydroxylation sites is 1. The zero-order valence-electron chi connectivity index (χ0n) is 19.3. The number of amides is 2. The molecule has 0 spiro atoms. The van der Waals surface area contributed by atoms with Crippen molar-refractivity contribution in [3.63, 3.8) is 0 Å². The monoisotopic (exact) mass is 497 g/mol. The number of carbonyl (C=O) groups is 2. The molecule has 2 heterocycles. The molecule has 1 saturated heterocycles. The predicted molar refractivity (Wildman–Crippen MR) is 135 cm³/mol. The first-order chi connectivity index (χ1) is 16.5. The van der Waals surface area contributed by atoms with E-state index in [1.807, 2.05) is 40.7 Å². The van der Waals surface area contributed by atoms with E-state index in [4.69, 9.17) is 11.6 Å². The normalized spacial score (nSPS) is 15.5. The predicted octanol–water partition coefficient (Wildman–Crippen LogP) is 5.22. The summed E-state index contributed by atoms with van der Waals surface area (Å²) >= 11 is 7.34. The van der Waals surface area contributed by atoms with Crippen molar-refractivity contribution in [1.82, 2.24) is 19.7 Å². The van der Waals surface area contributed by atoms with Crippen molar-refractivity contribution in [2.45, 2.75) is 50.9 Å². The van der Waals surface area contributed by atoms with Gasteiger partial charge in [-0.2, -0.15) is 0 Å². The van der Waals surface area contributed by atoms with Crippen molar-refractivity contribution in [3.8, 4) is 0 Å². The Kier molecular flexibility index (Phi) is 7.90. The second-order valence-electron chi connectivity index (χ2n) is 8.10. The molecule has 1 fully saturated rings. The Bertz CT molecular complexity index is 1160. The number of rotatable bonds is 8. The highest BCUT2D eigenvalue weighted by Crippen LogP contribution is 2.34. The second kappa shape index (κ2) is 11.1. The summed E-state index contributed by atoms with van der Waals surface area (Å²) in [4.78, 5) is 27.6. The van der Waals surface area contributed by atoms with Crippen LogP contribution in [0.5, 0.6) is 0 Å². The molecule has 9 heteroatoms. The smallest absolute Gasteiger partial charge is 0.254 e. The molecule has 1 N–H and O–H groups in total. The summed E-state index contributed by atoms with van der Waals surface area (Å²) in [6, 6.07) is 14.6. The molecule has 1 aliphatic rings. The van der Waals surface area contributed by atoms with E-state index in [-0.39, 0.29) is 23.6 Å². The zero-order valence-corrected chi connectivity index (χ0v) is 20.9. The minimum Gasteiger partial charge on any atom is -0.328 e. The molecule has 2 amide bonds. The quantitative estimate of drug-likeness (QED) is 0.431. The van der Waals surface area contributed by atoms with Crippen LogP contribution in [0, 0.1) is 0 Å². The number of hydrogen-bond donors (Lipinski definition) is 1. The third kappa shape index (κ3) is 5.28. The number of carbonyl (C=O) groups excluding carboxylic acids is 2. The molecule has 1 unspecified atom stereocenters. The number of anilines is 1. The van der Waals surface area contributed by atoms with Gasteiger partial charge in [0.1, 0.15) is 0 Å². The Hall–Kier alpha value is -2.84. The summed E-state index contributed by atoms with van der Waals surface area (Å²) < 4.78 is 2.01. The van der Waals surface area contributed by atoms with Gasteiger partial charge in [-0.1, -0.05) is 48.5 Å². The molecule has 0 saturated carbocycles. The van der Waals surface area contributed by atoms with E-state index in [0.29, 0.717) is 28.8 Å². The molecule has 2 aromatic carbocycles. The maximum Gasteiger partial charge on any atom is 0.254 e. The summed E-state index contributed by atoms with van der Waals surface area (Å²) in [6.45, 7) is 5.42. The van der Waals surface area contributed by atoms with E-state index in [1.165, 1.54) is 11.8 Å². The molecule has 1 atom stereocenters. The fourth-order valence-electron chi connectivity index (χ4n) is 4.25. The van der Waals surface area contributed by atoms with Crippen molar-refractivity contribution >= 4 is 40.9 Å². The van der Waals surface area contributed by atoms with Gasteiger partial charge in [0.2, 0.25) is 5.91 Å². The van der Waals surface area contributed by atoms with Crippen LogP contribution in [0.2, 0.25) is 5.02 Å². The number of aromatic nitrogens is 3. The molecule has 7 nitrogen and oxygen atoms in total. The maximum absolute atomic E-state index is 13.2. The van der Waals surface area contributed by atoms with E-state index in [0.717, 1.165) is 36.3 Å². The molecule has 0 radical (unpaired) electrons. The molecule has 4 rings (SSSR count). The third-order valence-corrected chi connectivity index (χ3v) is 7.19. The van der Waals surface area contributed by atoms with E-state index in [1.54, 1.807) is 24.3 Å². The molecule has 3 aromatic rings. The maximum atomic E-state index is 13.2. The molecular formula is C25H28ClN5O2S. The van der Waals surface area contributed by atoms with E-state index in [9.17, 15) is 9.59 Å². The van der Waals surface area contributed by atoms with Crippen molar-refractivity contribution in [1.29, 1.82) is 0 Å². The number of hydrogen-bond acceptors (Lipinski definition) is 5. The average molecular weight is 498 g/mol. The summed E-state index contributed by atoms with van der Waals surface area (Å²) in [5.41, 5.74) is 2.56. The number of likely N-dealkylation sites (tertiary alicyclic amines) is 1. The molecule has 178 valence electrons. The van der Waals surface area contributed by atoms with Gasteiger partial charge in [-0.3, -0.25) is 9.59 Å². The van der Waals surface area contributed by atoms with E-state index >= 15 is 0 Å². The minimum atomic E-state index is -0.143. The molecular weight excluding hydrogens is 470 g/mol. The Morgan fingerprint density at radius 1 is 1.12 bits per heavy atom. The fraction of sp³-hybridized carbons (Fsp3) is 0.360. The number of nitrogens with one attached hydrogen (secondary N) is 1. The highest BCUT2D eigenvalue weighted by molar-refractivity contribution is 7.99. The molecule has 34 heavy (non-hydrogen) atoms. The van der Waals surface area contributed by atoms with Crippen molar-refractivity contribution in [3.05, 3.63) is 70.5 Å². The van der Waals surface area contributed by atoms with Crippen LogP contribution in [0.3, 0.4) is 0 Å². The first kappa shape index (κ1) is 24.3. The van der Waals surface area contributed by atoms with Crippen molar-refractivity contribution in [2.75, 3.05) is 17.6 Å². The second-order valence-corrected chi connectivity index (χ2v) is 9.47. The van der Waals surface area contributed by atoms with Gasteiger partial charge in [0.05, 0.1) is 11.8 Å². The van der Waals surface area contributed by atoms with Crippen LogP contribution in [0.15, 0.2) is 53.7 Å². The zero-order chi connectivity index (χ0) is 24.1. The summed E-state index contributed by atoms with van der Waals surface area (Å²) in [7, 11) is 0. The Morgan fingerprint density at radius 3 is 2.62 bits per heavy atom. The molecule has 0 aliphatic carbocycles. The number of aryl methyl sites for hydroxylation is 1. The van der Waals surface area contributed by atoms with Crippen LogP contribution in [0.4, 0.5) is 5.69 Å². The summed E-state index contributed by atoms with van der Waals surface area (Å²) in [6.07, 6.45) is 2.59. The molecule has 0 bridgehead atoms. The van der Waals surface area contributed by atoms with Crippen LogP contribution >= 0.6 is 23.4 Å². The van der Waals surface area contributed by atoms with Gasteiger partial charge in [-0.15, -0.1) is 10.2 Å². The lowest BCUT2D eigenvalue weighted by molar-refractivity contribution is -0.113. The van der Waals surface area contributed by atoms with Gasteiger partial charge in [0, 0.05) is 29.4 Å². The lowest BCUT2D eigenvalue weighted by atomic mass is 10.1. The van der Waals surface area contributed by atoms with Crippen LogP contribution in [-0.2, 0) is 17.8 Å². The number of nitrogens with zero attached hydrogens (tertiary/aromatic N) is 4. The van der Waals surface area contributed by atoms with Crippen molar-refractivity contribution in [2.24, 2.45) is 0 Å². The lowest BCUT2D eigenvalue weighted by Gasteiger charge is -2.24. The van der Waals surface area contributed by atoms with E-state index in [2.05, 4.69) is 22.4 Å². The summed E-state index contributed by atoms with van der Waals surface area (Å²) in [5.74, 6) is 0.877. The number of thioether (sulfide) groups is 1. The van der Waals surface area contributed by atoms with Gasteiger partial charge in [0.25, 0.3) is 5.91 Å². The SMILES string of the molecule is CCc1ccccc1NC(=O)CSc1nnc(C2CCCN2C(=O)c2ccc(Cl)cc2)n1CC. The van der Waals surface area contributed by atoms with Gasteiger partial charge in [-0.25, -0.2) is 0 Å². The summed E-state index contributed by atoms with van der Waals surface area (Å²) in [5, 5.41) is 13.1. The minimum absolute atomic E-state index is 0.0343. The Morgan fingerprint density at radius 2 is 1.88 bits per heavy atom. The first-order valence-electron chi connectivity index (χ1n) is 11.5. The van der Waals surface area contributed by atoms with Crippen LogP contribution in [0.1, 0.15) is 54.5 Å². The van der Waals surface area contributed by atoms with Crippen LogP contribution in [-0.4, -0.2) is 43.8 Å². The Labute approximate surface area is 208 Å². The van der Waals surface area contributed by atoms with Gasteiger partial charge >= 0.3 is 0 Å². The van der Waals surface area contributed by atoms with Crippen LogP contribution in [0.25, 0.3) is 0 Å². The highest BCUT2D eigenvalue weighted by atomic mass is 35.5. The average Bonchev–Trinajstić information content (AvgIpc) is 3.49. The fourth-order valence-corrected chi connectivity index (χ4v) is 5.19. The standard InChI is InChI=1S/C25H28ClN5O2S/c1-3-17-8-5-6-9-20(17)27-22(32)16-34-25-29-28-23(30(25)4-2)21-10-7-15-31(21)24(33)18-11-13-19(26)14-12-18/h5-6,8-9,11-14,21H,3-4,7,10,15-16H2,1-2H3,(H,27,32). The van der Waals surface area contributed by atoms with Gasteiger partial charge < -0.3 is 14.8 Å². The number of benzene rings is 2. The Balaban J connectivity index is 1.45. The highest BCUT2D eigenvalue weighted by Gasteiger charge is 2.34. The topological polar surface area (TPSA) is 80.1 Å². The van der Waals surface area contributed by atoms with E-state index < -0.39 is 0 Å². The van der Waals surface area contributed by atoms with Gasteiger partial charge in [0.15, 0.2) is 11.0 Å². The lowest BCUT2D eigenvalue weighted by Crippen LogP contribution is -2.32. The molecule has 1 aliphatic heterocycles. The largest absolute Gasteiger partial charge is 0.328 e. The first-order valence-corrected chi connectivity index (χ1v) is 12.9. The number of halogens is 1. The van der Waals surface area contributed by atoms with Crippen molar-refractivity contribution < 1.29 is 9.59 Å². The van der Waals surface area contributed by atoms with Crippen LogP contribution < -0.4 is 5.32 Å². The third-order valence-electron chi connectivity index (χ3n) is 5.97. The van der Waals surface area contributed by atoms with Gasteiger partial charge in [-0.05, 0) is 62.1 Å². The molecule has 1 aromatic heterocycles.